The van der Waals surface area contributed by atoms with E-state index in [1.807, 2.05) is 31.2 Å². The molecule has 0 saturated carbocycles. The number of nitriles is 1. The highest BCUT2D eigenvalue weighted by Crippen LogP contribution is 2.28. The van der Waals surface area contributed by atoms with E-state index in [0.717, 1.165) is 16.5 Å². The van der Waals surface area contributed by atoms with E-state index in [9.17, 15) is 19.6 Å². The van der Waals surface area contributed by atoms with Crippen LogP contribution in [0.4, 0.5) is 10.2 Å². The topological polar surface area (TPSA) is 89.2 Å². The molecule has 1 aliphatic heterocycles. The predicted molar refractivity (Wildman–Crippen MR) is 96.4 cm³/mol. The monoisotopic (exact) mass is 356 g/mol. The lowest BCUT2D eigenvalue weighted by molar-refractivity contribution is -0.163. The standard InChI is InChI=1S/C19H21FN4O2/c1-12-13-6-4-5-7-15(13)23-16(14(12)8-21)22-9-19(26)10-24(11-19)17(25)18(2,3)20/h4-7,26H,9-11H2,1-3H3,(H,22,23). The van der Waals surface area contributed by atoms with Gasteiger partial charge in [-0.05, 0) is 32.4 Å². The minimum Gasteiger partial charge on any atom is -0.384 e. The van der Waals surface area contributed by atoms with Gasteiger partial charge in [-0.1, -0.05) is 18.2 Å². The molecule has 0 spiro atoms. The maximum absolute atomic E-state index is 13.7. The second-order valence-corrected chi connectivity index (χ2v) is 7.30. The molecule has 0 bridgehead atoms. The summed E-state index contributed by atoms with van der Waals surface area (Å²) < 4.78 is 13.7. The number of anilines is 1. The first-order valence-corrected chi connectivity index (χ1v) is 8.39. The summed E-state index contributed by atoms with van der Waals surface area (Å²) in [6.45, 7) is 4.46. The molecule has 2 heterocycles. The number of nitrogens with zero attached hydrogens (tertiary/aromatic N) is 3. The van der Waals surface area contributed by atoms with Crippen molar-refractivity contribution in [3.8, 4) is 6.07 Å². The maximum Gasteiger partial charge on any atom is 0.259 e. The molecule has 6 nitrogen and oxygen atoms in total. The number of nitrogens with one attached hydrogen (secondary N) is 1. The number of aliphatic hydroxyl groups is 1. The molecule has 1 amide bonds. The molecule has 0 aliphatic carbocycles. The Morgan fingerprint density at radius 3 is 2.73 bits per heavy atom. The van der Waals surface area contributed by atoms with E-state index in [1.165, 1.54) is 18.7 Å². The lowest BCUT2D eigenvalue weighted by Crippen LogP contribution is -2.68. The van der Waals surface area contributed by atoms with Crippen LogP contribution in [0.3, 0.4) is 0 Å². The van der Waals surface area contributed by atoms with Crippen LogP contribution >= 0.6 is 0 Å². The molecule has 7 heteroatoms. The smallest absolute Gasteiger partial charge is 0.259 e. The average molecular weight is 356 g/mol. The lowest BCUT2D eigenvalue weighted by Gasteiger charge is -2.47. The number of carbonyl (C=O) groups excluding carboxylic acids is 1. The van der Waals surface area contributed by atoms with E-state index in [-0.39, 0.29) is 19.6 Å². The van der Waals surface area contributed by atoms with Gasteiger partial charge in [0.15, 0.2) is 5.67 Å². The number of halogens is 1. The molecule has 1 aromatic carbocycles. The lowest BCUT2D eigenvalue weighted by atomic mass is 9.92. The summed E-state index contributed by atoms with van der Waals surface area (Å²) in [5, 5.41) is 23.9. The molecule has 26 heavy (non-hydrogen) atoms. The minimum atomic E-state index is -1.96. The quantitative estimate of drug-likeness (QED) is 0.876. The average Bonchev–Trinajstić information content (AvgIpc) is 2.56. The summed E-state index contributed by atoms with van der Waals surface area (Å²) in [5.41, 5.74) is -1.14. The number of hydrogen-bond acceptors (Lipinski definition) is 5. The van der Waals surface area contributed by atoms with Crippen molar-refractivity contribution in [3.63, 3.8) is 0 Å². The van der Waals surface area contributed by atoms with Crippen LogP contribution in [0, 0.1) is 18.3 Å². The molecule has 1 aliphatic rings. The Bertz CT molecular complexity index is 908. The van der Waals surface area contributed by atoms with Gasteiger partial charge in [0.25, 0.3) is 5.91 Å². The number of aromatic nitrogens is 1. The highest BCUT2D eigenvalue weighted by molar-refractivity contribution is 5.87. The Balaban J connectivity index is 1.75. The third kappa shape index (κ3) is 3.20. The third-order valence-electron chi connectivity index (χ3n) is 4.61. The molecule has 2 aromatic rings. The van der Waals surface area contributed by atoms with E-state index in [4.69, 9.17) is 0 Å². The fraction of sp³-hybridized carbons (Fsp3) is 0.421. The van der Waals surface area contributed by atoms with Crippen molar-refractivity contribution in [2.75, 3.05) is 25.0 Å². The van der Waals surface area contributed by atoms with Gasteiger partial charge < -0.3 is 15.3 Å². The van der Waals surface area contributed by atoms with Crippen LogP contribution in [0.15, 0.2) is 24.3 Å². The van der Waals surface area contributed by atoms with E-state index in [2.05, 4.69) is 16.4 Å². The van der Waals surface area contributed by atoms with E-state index in [0.29, 0.717) is 11.4 Å². The SMILES string of the molecule is Cc1c(C#N)c(NCC2(O)CN(C(=O)C(C)(C)F)C2)nc2ccccc12. The molecule has 0 radical (unpaired) electrons. The predicted octanol–water partition coefficient (Wildman–Crippen LogP) is 2.15. The number of aryl methyl sites for hydroxylation is 1. The van der Waals surface area contributed by atoms with Crippen molar-refractivity contribution in [3.05, 3.63) is 35.4 Å². The number of para-hydroxylation sites is 1. The zero-order valence-electron chi connectivity index (χ0n) is 15.0. The summed E-state index contributed by atoms with van der Waals surface area (Å²) in [6, 6.07) is 9.68. The highest BCUT2D eigenvalue weighted by atomic mass is 19.1. The Morgan fingerprint density at radius 2 is 2.12 bits per heavy atom. The fourth-order valence-electron chi connectivity index (χ4n) is 3.19. The van der Waals surface area contributed by atoms with Crippen LogP contribution in [0.2, 0.25) is 0 Å². The first-order chi connectivity index (χ1) is 12.1. The van der Waals surface area contributed by atoms with Gasteiger partial charge >= 0.3 is 0 Å². The molecule has 3 rings (SSSR count). The Hall–Kier alpha value is -2.72. The Morgan fingerprint density at radius 1 is 1.46 bits per heavy atom. The number of likely N-dealkylation sites (tertiary alicyclic amines) is 1. The summed E-state index contributed by atoms with van der Waals surface area (Å²) in [4.78, 5) is 17.6. The molecule has 1 fully saturated rings. The molecular formula is C19H21FN4O2. The second-order valence-electron chi connectivity index (χ2n) is 7.30. The zero-order chi connectivity index (χ0) is 19.1. The molecule has 0 atom stereocenters. The summed E-state index contributed by atoms with van der Waals surface area (Å²) in [7, 11) is 0. The van der Waals surface area contributed by atoms with Gasteiger partial charge in [-0.25, -0.2) is 9.37 Å². The molecular weight excluding hydrogens is 335 g/mol. The van der Waals surface area contributed by atoms with Crippen molar-refractivity contribution < 1.29 is 14.3 Å². The first kappa shape index (κ1) is 18.1. The van der Waals surface area contributed by atoms with Gasteiger partial charge in [0.1, 0.15) is 17.5 Å². The van der Waals surface area contributed by atoms with Gasteiger partial charge in [0.2, 0.25) is 0 Å². The van der Waals surface area contributed by atoms with Gasteiger partial charge in [-0.15, -0.1) is 0 Å². The van der Waals surface area contributed by atoms with E-state index in [1.54, 1.807) is 0 Å². The van der Waals surface area contributed by atoms with Crippen molar-refractivity contribution in [2.45, 2.75) is 32.0 Å². The summed E-state index contributed by atoms with van der Waals surface area (Å²) in [5.74, 6) is -0.243. The van der Waals surface area contributed by atoms with Crippen LogP contribution in [-0.2, 0) is 4.79 Å². The van der Waals surface area contributed by atoms with Crippen LogP contribution in [0.1, 0.15) is 25.0 Å². The summed E-state index contributed by atoms with van der Waals surface area (Å²) >= 11 is 0. The number of fused-ring (bicyclic) bond motifs is 1. The first-order valence-electron chi connectivity index (χ1n) is 8.39. The highest BCUT2D eigenvalue weighted by Gasteiger charge is 2.47. The number of carbonyl (C=O) groups is 1. The number of β-amino-alcohol motifs (C(OH)–C–C–N with tert-alkyl or cyclic N) is 1. The molecule has 1 aromatic heterocycles. The fourth-order valence-corrected chi connectivity index (χ4v) is 3.19. The summed E-state index contributed by atoms with van der Waals surface area (Å²) in [6.07, 6.45) is 0. The number of hydrogen-bond donors (Lipinski definition) is 2. The van der Waals surface area contributed by atoms with Gasteiger partial charge in [-0.3, -0.25) is 4.79 Å². The normalized spacial score (nSPS) is 16.1. The van der Waals surface area contributed by atoms with E-state index >= 15 is 0 Å². The van der Waals surface area contributed by atoms with Gasteiger partial charge in [-0.2, -0.15) is 5.26 Å². The van der Waals surface area contributed by atoms with Crippen LogP contribution in [0.5, 0.6) is 0 Å². The van der Waals surface area contributed by atoms with Crippen LogP contribution < -0.4 is 5.32 Å². The number of alkyl halides is 1. The van der Waals surface area contributed by atoms with Crippen LogP contribution in [-0.4, -0.2) is 51.8 Å². The third-order valence-corrected chi connectivity index (χ3v) is 4.61. The number of rotatable bonds is 4. The molecule has 0 unspecified atom stereocenters. The van der Waals surface area contributed by atoms with Crippen molar-refractivity contribution in [1.82, 2.24) is 9.88 Å². The van der Waals surface area contributed by atoms with Crippen molar-refractivity contribution in [1.29, 1.82) is 5.26 Å². The van der Waals surface area contributed by atoms with Gasteiger partial charge in [0, 0.05) is 11.9 Å². The minimum absolute atomic E-state index is 0.0423. The van der Waals surface area contributed by atoms with Crippen molar-refractivity contribution >= 4 is 22.6 Å². The number of pyridine rings is 1. The number of benzene rings is 1. The molecule has 1 saturated heterocycles. The molecule has 2 N–H and O–H groups in total. The van der Waals surface area contributed by atoms with Gasteiger partial charge in [0.05, 0.1) is 24.2 Å². The Labute approximate surface area is 151 Å². The second kappa shape index (κ2) is 6.22. The van der Waals surface area contributed by atoms with Crippen molar-refractivity contribution in [2.24, 2.45) is 0 Å². The number of amides is 1. The Kier molecular flexibility index (Phi) is 4.32. The zero-order valence-corrected chi connectivity index (χ0v) is 15.0. The molecule has 136 valence electrons. The van der Waals surface area contributed by atoms with Crippen LogP contribution in [0.25, 0.3) is 10.9 Å². The largest absolute Gasteiger partial charge is 0.384 e. The van der Waals surface area contributed by atoms with E-state index < -0.39 is 17.2 Å². The maximum atomic E-state index is 13.7.